The number of Topliss-reactive ketones (excluding diaryl/α,β-unsaturated/α-hetero) is 1. The van der Waals surface area contributed by atoms with Crippen molar-refractivity contribution in [2.75, 3.05) is 31.6 Å². The number of carbonyl (C=O) groups excluding carboxylic acids is 2. The van der Waals surface area contributed by atoms with E-state index in [0.29, 0.717) is 55.2 Å². The molecule has 1 saturated heterocycles. The minimum absolute atomic E-state index is 0.00862. The van der Waals surface area contributed by atoms with Crippen molar-refractivity contribution in [3.63, 3.8) is 0 Å². The number of aromatic carboxylic acids is 1. The van der Waals surface area contributed by atoms with Crippen LogP contribution in [-0.2, 0) is 17.9 Å². The molecule has 2 aromatic carbocycles. The number of ketones is 1. The van der Waals surface area contributed by atoms with Crippen LogP contribution < -0.4 is 20.8 Å². The zero-order valence-electron chi connectivity index (χ0n) is 27.3. The predicted octanol–water partition coefficient (Wildman–Crippen LogP) is 3.76. The number of halogens is 2. The SMILES string of the molecule is COc1c(N2CCN(Cc3cn(CCC4C(=O)C(=NC(N)=O)c5cc(Cl)ccc54)nn3)C(C)C2)c(F)cc2c(=O)c(C(=O)O)cn(C3CC3)c12. The molecule has 2 aliphatic carbocycles. The molecule has 1 aliphatic heterocycles. The molecule has 0 radical (unpaired) electrons. The number of primary amides is 1. The first-order valence-electron chi connectivity index (χ1n) is 16.2. The fourth-order valence-corrected chi connectivity index (χ4v) is 7.31. The normalized spacial score (nSPS) is 20.1. The van der Waals surface area contributed by atoms with Crippen LogP contribution >= 0.6 is 11.6 Å². The topological polar surface area (TPSA) is 178 Å². The summed E-state index contributed by atoms with van der Waals surface area (Å²) in [7, 11) is 1.43. The zero-order valence-corrected chi connectivity index (χ0v) is 28.1. The van der Waals surface area contributed by atoms with Gasteiger partial charge in [0.05, 0.1) is 29.6 Å². The number of rotatable bonds is 9. The summed E-state index contributed by atoms with van der Waals surface area (Å²) in [4.78, 5) is 57.4. The van der Waals surface area contributed by atoms with E-state index in [9.17, 15) is 24.3 Å². The van der Waals surface area contributed by atoms with Gasteiger partial charge in [0, 0.05) is 67.8 Å². The number of aryl methyl sites for hydroxylation is 1. The number of benzene rings is 2. The number of urea groups is 1. The monoisotopic (exact) mass is 704 g/mol. The number of nitrogens with two attached hydrogens (primary N) is 1. The lowest BCUT2D eigenvalue weighted by Crippen LogP contribution is -2.51. The van der Waals surface area contributed by atoms with Crippen molar-refractivity contribution in [1.29, 1.82) is 0 Å². The number of methoxy groups -OCH3 is 1. The van der Waals surface area contributed by atoms with Gasteiger partial charge in [0.1, 0.15) is 17.0 Å². The second kappa shape index (κ2) is 12.9. The van der Waals surface area contributed by atoms with Crippen molar-refractivity contribution < 1.29 is 28.6 Å². The molecule has 3 N–H and O–H groups in total. The molecule has 7 rings (SSSR count). The lowest BCUT2D eigenvalue weighted by molar-refractivity contribution is -0.114. The van der Waals surface area contributed by atoms with E-state index < -0.39 is 34.7 Å². The number of carbonyl (C=O) groups is 3. The lowest BCUT2D eigenvalue weighted by Gasteiger charge is -2.41. The Bertz CT molecular complexity index is 2160. The van der Waals surface area contributed by atoms with E-state index in [1.807, 2.05) is 18.0 Å². The minimum Gasteiger partial charge on any atom is -0.492 e. The number of nitrogens with zero attached hydrogens (tertiary/aromatic N) is 7. The number of pyridine rings is 1. The van der Waals surface area contributed by atoms with E-state index in [1.54, 1.807) is 27.4 Å². The van der Waals surface area contributed by atoms with Gasteiger partial charge in [-0.05, 0) is 49.9 Å². The molecule has 0 bridgehead atoms. The van der Waals surface area contributed by atoms with Crippen LogP contribution in [0.2, 0.25) is 5.02 Å². The lowest BCUT2D eigenvalue weighted by atomic mass is 9.97. The molecule has 260 valence electrons. The number of piperazine rings is 1. The number of carboxylic acids is 1. The standard InChI is InChI=1S/C34H34ClFN8O6/c1-17-13-42(29-26(36)12-24-28(32(29)50-2)44(20-4-5-20)16-25(30(24)45)33(47)48)10-9-41(17)14-19-15-43(40-39-19)8-7-22-21-6-3-18(35)11-23(21)27(31(22)46)38-34(37)49/h3,6,11-12,15-17,20,22H,4-5,7-10,13-14H2,1-2H3,(H2,37,49)(H,47,48). The average Bonchev–Trinajstić information content (AvgIpc) is 3.77. The van der Waals surface area contributed by atoms with Gasteiger partial charge >= 0.3 is 12.0 Å². The largest absolute Gasteiger partial charge is 0.492 e. The molecule has 3 aliphatic rings. The number of fused-ring (bicyclic) bond motifs is 2. The fraction of sp³-hybridized carbons (Fsp3) is 0.382. The highest BCUT2D eigenvalue weighted by Gasteiger charge is 2.37. The Morgan fingerprint density at radius 2 is 1.96 bits per heavy atom. The van der Waals surface area contributed by atoms with Crippen LogP contribution in [0.15, 0.2) is 46.4 Å². The number of aliphatic imine (C=N–C) groups is 1. The first kappa shape index (κ1) is 33.4. The number of anilines is 1. The van der Waals surface area contributed by atoms with Crippen molar-refractivity contribution in [3.8, 4) is 5.75 Å². The summed E-state index contributed by atoms with van der Waals surface area (Å²) >= 11 is 6.14. The molecule has 2 unspecified atom stereocenters. The van der Waals surface area contributed by atoms with Gasteiger partial charge in [0.15, 0.2) is 17.3 Å². The number of amides is 2. The van der Waals surface area contributed by atoms with E-state index in [2.05, 4.69) is 20.2 Å². The van der Waals surface area contributed by atoms with Crippen LogP contribution in [0.25, 0.3) is 10.9 Å². The second-order valence-electron chi connectivity index (χ2n) is 12.9. The van der Waals surface area contributed by atoms with E-state index >= 15 is 4.39 Å². The van der Waals surface area contributed by atoms with Crippen molar-refractivity contribution in [2.24, 2.45) is 10.7 Å². The van der Waals surface area contributed by atoms with Crippen molar-refractivity contribution in [3.05, 3.63) is 80.1 Å². The zero-order chi connectivity index (χ0) is 35.4. The van der Waals surface area contributed by atoms with Gasteiger partial charge in [0.25, 0.3) is 0 Å². The first-order valence-corrected chi connectivity index (χ1v) is 16.6. The summed E-state index contributed by atoms with van der Waals surface area (Å²) in [6, 6.07) is 5.22. The van der Waals surface area contributed by atoms with Crippen molar-refractivity contribution in [1.82, 2.24) is 24.5 Å². The average molecular weight is 705 g/mol. The van der Waals surface area contributed by atoms with Gasteiger partial charge in [-0.3, -0.25) is 19.2 Å². The summed E-state index contributed by atoms with van der Waals surface area (Å²) in [5, 5.41) is 18.6. The highest BCUT2D eigenvalue weighted by Crippen LogP contribution is 2.44. The van der Waals surface area contributed by atoms with Crippen LogP contribution in [0.4, 0.5) is 14.9 Å². The fourth-order valence-electron chi connectivity index (χ4n) is 7.14. The molecule has 2 atom stereocenters. The predicted molar refractivity (Wildman–Crippen MR) is 182 cm³/mol. The Morgan fingerprint density at radius 1 is 1.18 bits per heavy atom. The second-order valence-corrected chi connectivity index (χ2v) is 13.4. The summed E-state index contributed by atoms with van der Waals surface area (Å²) in [6.07, 6.45) is 5.21. The van der Waals surface area contributed by atoms with E-state index in [4.69, 9.17) is 22.1 Å². The molecule has 3 heterocycles. The number of hydrogen-bond acceptors (Lipinski definition) is 9. The number of aromatic nitrogens is 4. The minimum atomic E-state index is -1.36. The van der Waals surface area contributed by atoms with E-state index in [0.717, 1.165) is 30.2 Å². The maximum absolute atomic E-state index is 15.9. The molecular formula is C34H34ClFN8O6. The quantitative estimate of drug-likeness (QED) is 0.261. The molecule has 2 aromatic heterocycles. The maximum Gasteiger partial charge on any atom is 0.341 e. The van der Waals surface area contributed by atoms with Crippen LogP contribution in [0.3, 0.4) is 0 Å². The highest BCUT2D eigenvalue weighted by atomic mass is 35.5. The number of hydrogen-bond donors (Lipinski definition) is 2. The molecule has 2 amide bonds. The van der Waals surface area contributed by atoms with Crippen LogP contribution in [0, 0.1) is 5.82 Å². The van der Waals surface area contributed by atoms with E-state index in [-0.39, 0.29) is 40.4 Å². The molecular weight excluding hydrogens is 671 g/mol. The summed E-state index contributed by atoms with van der Waals surface area (Å²) in [5.74, 6) is -2.63. The molecule has 4 aromatic rings. The van der Waals surface area contributed by atoms with Gasteiger partial charge < -0.3 is 25.0 Å². The van der Waals surface area contributed by atoms with Gasteiger partial charge in [-0.2, -0.15) is 4.99 Å². The van der Waals surface area contributed by atoms with Crippen molar-refractivity contribution in [2.45, 2.75) is 57.3 Å². The van der Waals surface area contributed by atoms with Crippen LogP contribution in [-0.4, -0.2) is 85.8 Å². The van der Waals surface area contributed by atoms with Crippen molar-refractivity contribution >= 4 is 51.7 Å². The van der Waals surface area contributed by atoms with Gasteiger partial charge in [-0.15, -0.1) is 5.10 Å². The molecule has 50 heavy (non-hydrogen) atoms. The smallest absolute Gasteiger partial charge is 0.341 e. The molecule has 0 spiro atoms. The van der Waals surface area contributed by atoms with E-state index in [1.165, 1.54) is 13.3 Å². The Hall–Kier alpha value is -5.15. The third-order valence-electron chi connectivity index (χ3n) is 9.67. The first-order chi connectivity index (χ1) is 23.9. The molecule has 2 fully saturated rings. The third-order valence-corrected chi connectivity index (χ3v) is 9.91. The van der Waals surface area contributed by atoms with Crippen LogP contribution in [0.5, 0.6) is 5.75 Å². The summed E-state index contributed by atoms with van der Waals surface area (Å²) in [6.45, 7) is 4.39. The Kier molecular flexibility index (Phi) is 8.64. The van der Waals surface area contributed by atoms with Gasteiger partial charge in [0.2, 0.25) is 5.43 Å². The van der Waals surface area contributed by atoms with Crippen LogP contribution in [0.1, 0.15) is 65.3 Å². The highest BCUT2D eigenvalue weighted by molar-refractivity contribution is 6.52. The molecule has 14 nitrogen and oxygen atoms in total. The Labute approximate surface area is 289 Å². The number of ether oxygens (including phenoxy) is 1. The number of carboxylic acid groups (broad SMARTS) is 1. The Balaban J connectivity index is 1.05. The van der Waals surface area contributed by atoms with Gasteiger partial charge in [-0.1, -0.05) is 22.9 Å². The summed E-state index contributed by atoms with van der Waals surface area (Å²) in [5.41, 5.74) is 6.72. The molecule has 16 heteroatoms. The Morgan fingerprint density at radius 3 is 2.64 bits per heavy atom. The maximum atomic E-state index is 15.9. The third kappa shape index (κ3) is 6.00. The molecule has 1 saturated carbocycles. The summed E-state index contributed by atoms with van der Waals surface area (Å²) < 4.78 is 25.0. The van der Waals surface area contributed by atoms with Gasteiger partial charge in [-0.25, -0.2) is 14.0 Å².